The van der Waals surface area contributed by atoms with E-state index in [1.54, 1.807) is 5.38 Å². The maximum atomic E-state index is 12.8. The number of fused-ring (bicyclic) bond motifs is 1. The maximum Gasteiger partial charge on any atom is 0.352 e. The molecule has 2 saturated heterocycles. The number of nitrogens with two attached hydrogens (primary N) is 1. The number of carbonyl (C=O) groups is 3. The molecule has 1 aromatic heterocycles. The van der Waals surface area contributed by atoms with Crippen molar-refractivity contribution in [3.63, 3.8) is 0 Å². The van der Waals surface area contributed by atoms with Crippen LogP contribution in [0.25, 0.3) is 0 Å². The SMILES string of the molecule is CON=C(C(=O)N[C@@H]1C(=O)N2C(C(=O)O)=C([C@@H]3CC[C@H](C)O3)CS[C@H]12)c1csc(N)n1. The van der Waals surface area contributed by atoms with Crippen LogP contribution in [0.3, 0.4) is 0 Å². The number of hydrogen-bond donors (Lipinski definition) is 3. The lowest BCUT2D eigenvalue weighted by molar-refractivity contribution is -0.150. The zero-order valence-corrected chi connectivity index (χ0v) is 18.4. The van der Waals surface area contributed by atoms with Crippen LogP contribution < -0.4 is 11.1 Å². The lowest BCUT2D eigenvalue weighted by Gasteiger charge is -2.49. The van der Waals surface area contributed by atoms with E-state index in [4.69, 9.17) is 15.3 Å². The number of aromatic nitrogens is 1. The van der Waals surface area contributed by atoms with Crippen molar-refractivity contribution in [1.29, 1.82) is 0 Å². The lowest BCUT2D eigenvalue weighted by atomic mass is 9.99. The van der Waals surface area contributed by atoms with Crippen LogP contribution in [0.5, 0.6) is 0 Å². The van der Waals surface area contributed by atoms with Crippen LogP contribution in [0.4, 0.5) is 5.13 Å². The van der Waals surface area contributed by atoms with Gasteiger partial charge in [-0.1, -0.05) is 5.16 Å². The standard InChI is InChI=1S/C18H21N5O6S2/c1-7-3-4-10(29-7)8-5-30-16-12(15(25)23(16)13(8)17(26)27)21-14(24)11(22-28-2)9-6-31-18(19)20-9/h6-7,10,12,16H,3-5H2,1-2H3,(H2,19,20)(H,21,24)(H,26,27)/t7-,10-,12+,16+/m0/s1. The molecule has 2 amide bonds. The van der Waals surface area contributed by atoms with E-state index >= 15 is 0 Å². The zero-order valence-electron chi connectivity index (χ0n) is 16.7. The third kappa shape index (κ3) is 3.88. The van der Waals surface area contributed by atoms with Crippen molar-refractivity contribution in [3.05, 3.63) is 22.3 Å². The predicted molar refractivity (Wildman–Crippen MR) is 113 cm³/mol. The average molecular weight is 468 g/mol. The van der Waals surface area contributed by atoms with Gasteiger partial charge in [0.05, 0.1) is 12.2 Å². The highest BCUT2D eigenvalue weighted by atomic mass is 32.2. The van der Waals surface area contributed by atoms with Crippen LogP contribution in [-0.2, 0) is 24.0 Å². The Morgan fingerprint density at radius 1 is 1.45 bits per heavy atom. The first kappa shape index (κ1) is 21.6. The number of carboxylic acids is 1. The Hall–Kier alpha value is -2.64. The van der Waals surface area contributed by atoms with Crippen molar-refractivity contribution in [3.8, 4) is 0 Å². The molecule has 0 spiro atoms. The molecule has 0 bridgehead atoms. The minimum atomic E-state index is -1.18. The van der Waals surface area contributed by atoms with Gasteiger partial charge in [0, 0.05) is 11.1 Å². The quantitative estimate of drug-likeness (QED) is 0.306. The fourth-order valence-electron chi connectivity index (χ4n) is 3.85. The highest BCUT2D eigenvalue weighted by Crippen LogP contribution is 2.43. The van der Waals surface area contributed by atoms with Gasteiger partial charge in [-0.15, -0.1) is 23.1 Å². The summed E-state index contributed by atoms with van der Waals surface area (Å²) in [5.41, 5.74) is 6.29. The molecule has 0 saturated carbocycles. The largest absolute Gasteiger partial charge is 0.477 e. The molecule has 31 heavy (non-hydrogen) atoms. The lowest BCUT2D eigenvalue weighted by Crippen LogP contribution is -2.71. The second kappa shape index (κ2) is 8.48. The van der Waals surface area contributed by atoms with Gasteiger partial charge < -0.3 is 25.7 Å². The van der Waals surface area contributed by atoms with E-state index < -0.39 is 29.2 Å². The number of aliphatic carboxylic acids is 1. The highest BCUT2D eigenvalue weighted by Gasteiger charge is 2.55. The van der Waals surface area contributed by atoms with E-state index in [1.165, 1.54) is 23.8 Å². The van der Waals surface area contributed by atoms with Gasteiger partial charge in [0.1, 0.15) is 29.9 Å². The fourth-order valence-corrected chi connectivity index (χ4v) is 5.81. The second-order valence-electron chi connectivity index (χ2n) is 7.25. The summed E-state index contributed by atoms with van der Waals surface area (Å²) in [6.07, 6.45) is 1.29. The Morgan fingerprint density at radius 2 is 2.23 bits per heavy atom. The number of nitrogen functional groups attached to an aromatic ring is 1. The number of anilines is 1. The molecule has 1 aromatic rings. The molecule has 0 aromatic carbocycles. The molecule has 2 fully saturated rings. The molecule has 4 N–H and O–H groups in total. The van der Waals surface area contributed by atoms with Crippen molar-refractivity contribution >= 4 is 51.7 Å². The number of nitrogens with zero attached hydrogens (tertiary/aromatic N) is 3. The summed E-state index contributed by atoms with van der Waals surface area (Å²) in [4.78, 5) is 47.6. The van der Waals surface area contributed by atoms with Crippen LogP contribution in [-0.4, -0.2) is 75.0 Å². The van der Waals surface area contributed by atoms with Crippen LogP contribution in [0.2, 0.25) is 0 Å². The van der Waals surface area contributed by atoms with Crippen molar-refractivity contribution in [2.75, 3.05) is 18.6 Å². The highest BCUT2D eigenvalue weighted by molar-refractivity contribution is 8.00. The molecule has 4 atom stereocenters. The number of carbonyl (C=O) groups excluding carboxylic acids is 2. The monoisotopic (exact) mass is 467 g/mol. The molecule has 166 valence electrons. The van der Waals surface area contributed by atoms with Gasteiger partial charge in [0.15, 0.2) is 10.8 Å². The molecule has 0 unspecified atom stereocenters. The first-order chi connectivity index (χ1) is 14.8. The molecular weight excluding hydrogens is 446 g/mol. The third-order valence-corrected chi connectivity index (χ3v) is 7.25. The smallest absolute Gasteiger partial charge is 0.352 e. The van der Waals surface area contributed by atoms with E-state index in [0.29, 0.717) is 17.7 Å². The Bertz CT molecular complexity index is 992. The van der Waals surface area contributed by atoms with Crippen molar-refractivity contribution in [2.24, 2.45) is 5.16 Å². The number of nitrogens with one attached hydrogen (secondary N) is 1. The topological polar surface area (TPSA) is 156 Å². The van der Waals surface area contributed by atoms with Gasteiger partial charge >= 0.3 is 5.97 Å². The first-order valence-corrected chi connectivity index (χ1v) is 11.4. The Labute approximate surface area is 185 Å². The van der Waals surface area contributed by atoms with Crippen LogP contribution in [0.15, 0.2) is 21.8 Å². The van der Waals surface area contributed by atoms with Gasteiger partial charge in [0.2, 0.25) is 0 Å². The van der Waals surface area contributed by atoms with E-state index in [9.17, 15) is 19.5 Å². The van der Waals surface area contributed by atoms with E-state index in [2.05, 4.69) is 15.5 Å². The normalized spacial score (nSPS) is 28.3. The number of ether oxygens (including phenoxy) is 1. The van der Waals surface area contributed by atoms with Gasteiger partial charge in [0.25, 0.3) is 11.8 Å². The molecule has 4 rings (SSSR count). The summed E-state index contributed by atoms with van der Waals surface area (Å²) in [6, 6.07) is -0.894. The molecule has 4 heterocycles. The molecule has 0 aliphatic carbocycles. The fraction of sp³-hybridized carbons (Fsp3) is 0.500. The van der Waals surface area contributed by atoms with E-state index in [0.717, 1.165) is 17.8 Å². The van der Waals surface area contributed by atoms with Crippen LogP contribution in [0.1, 0.15) is 25.5 Å². The Kier molecular flexibility index (Phi) is 5.90. The van der Waals surface area contributed by atoms with Crippen molar-refractivity contribution in [2.45, 2.75) is 43.4 Å². The maximum absolute atomic E-state index is 12.8. The first-order valence-electron chi connectivity index (χ1n) is 9.51. The number of rotatable bonds is 6. The van der Waals surface area contributed by atoms with Crippen LogP contribution >= 0.6 is 23.1 Å². The number of amides is 2. The van der Waals surface area contributed by atoms with Gasteiger partial charge in [-0.2, -0.15) is 0 Å². The minimum absolute atomic E-state index is 0.0450. The zero-order chi connectivity index (χ0) is 22.3. The number of oxime groups is 1. The van der Waals surface area contributed by atoms with Crippen molar-refractivity contribution in [1.82, 2.24) is 15.2 Å². The van der Waals surface area contributed by atoms with E-state index in [1.807, 2.05) is 6.92 Å². The summed E-state index contributed by atoms with van der Waals surface area (Å²) >= 11 is 2.53. The average Bonchev–Trinajstić information content (AvgIpc) is 3.36. The second-order valence-corrected chi connectivity index (χ2v) is 9.24. The number of thioether (sulfide) groups is 1. The molecule has 3 aliphatic heterocycles. The number of thiazole rings is 1. The Balaban J connectivity index is 1.53. The molecule has 11 nitrogen and oxygen atoms in total. The third-order valence-electron chi connectivity index (χ3n) is 5.27. The number of hydrogen-bond acceptors (Lipinski definition) is 10. The summed E-state index contributed by atoms with van der Waals surface area (Å²) in [5.74, 6) is -1.94. The number of β-lactam (4-membered cyclic amide) rings is 1. The summed E-state index contributed by atoms with van der Waals surface area (Å²) < 4.78 is 5.84. The molecule has 0 radical (unpaired) electrons. The molecule has 3 aliphatic rings. The van der Waals surface area contributed by atoms with Crippen molar-refractivity contribution < 1.29 is 29.1 Å². The summed E-state index contributed by atoms with van der Waals surface area (Å²) in [5, 5.41) is 17.4. The minimum Gasteiger partial charge on any atom is -0.477 e. The number of carboxylic acid groups (broad SMARTS) is 1. The van der Waals surface area contributed by atoms with Gasteiger partial charge in [-0.05, 0) is 25.3 Å². The predicted octanol–water partition coefficient (Wildman–Crippen LogP) is 0.382. The summed E-state index contributed by atoms with van der Waals surface area (Å²) in [6.45, 7) is 1.94. The molecular formula is C18H21N5O6S2. The summed E-state index contributed by atoms with van der Waals surface area (Å²) in [7, 11) is 1.29. The van der Waals surface area contributed by atoms with E-state index in [-0.39, 0.29) is 34.4 Å². The van der Waals surface area contributed by atoms with Crippen LogP contribution in [0, 0.1) is 0 Å². The Morgan fingerprint density at radius 3 is 2.81 bits per heavy atom. The molecule has 13 heteroatoms. The van der Waals surface area contributed by atoms with Gasteiger partial charge in [-0.25, -0.2) is 9.78 Å². The van der Waals surface area contributed by atoms with Gasteiger partial charge in [-0.3, -0.25) is 14.5 Å².